The highest BCUT2D eigenvalue weighted by atomic mass is 14.7. The van der Waals surface area contributed by atoms with Crippen LogP contribution in [-0.2, 0) is 10.8 Å². The minimum Gasteiger partial charge on any atom is -0.355 e. The van der Waals surface area contributed by atoms with Crippen molar-refractivity contribution in [2.24, 2.45) is 0 Å². The molecule has 0 aliphatic heterocycles. The zero-order valence-corrected chi connectivity index (χ0v) is 20.4. The van der Waals surface area contributed by atoms with Gasteiger partial charge in [0, 0.05) is 32.6 Å². The molecular formula is C32H31N. The maximum absolute atomic E-state index is 3.67. The summed E-state index contributed by atoms with van der Waals surface area (Å²) < 4.78 is 0. The molecule has 1 nitrogen and oxygen atoms in total. The van der Waals surface area contributed by atoms with Crippen molar-refractivity contribution in [3.05, 3.63) is 106 Å². The molecule has 0 atom stereocenters. The summed E-state index contributed by atoms with van der Waals surface area (Å²) in [6, 6.07) is 27.2. The van der Waals surface area contributed by atoms with Crippen LogP contribution in [-0.4, -0.2) is 4.98 Å². The van der Waals surface area contributed by atoms with Crippen LogP contribution in [0.1, 0.15) is 61.1 Å². The third-order valence-corrected chi connectivity index (χ3v) is 8.14. The number of hydrogen-bond donors (Lipinski definition) is 1. The van der Waals surface area contributed by atoms with Crippen LogP contribution in [0.15, 0.2) is 72.8 Å². The Bertz CT molecular complexity index is 1580. The third-order valence-electron chi connectivity index (χ3n) is 8.14. The Labute approximate surface area is 196 Å². The fraction of sp³-hybridized carbons (Fsp3) is 0.250. The van der Waals surface area contributed by atoms with Crippen LogP contribution >= 0.6 is 0 Å². The summed E-state index contributed by atoms with van der Waals surface area (Å²) in [4.78, 5) is 3.67. The van der Waals surface area contributed by atoms with Gasteiger partial charge in [-0.3, -0.25) is 0 Å². The smallest absolute Gasteiger partial charge is 0.0468 e. The standard InChI is InChI=1S/C32H31N/c1-19-11-7-8-12-21(19)23-16-26-25(15-20(23)2)31(3,4)27-17-24-22-13-9-10-14-29(22)33-30(24)18-28(27)32(26,5)6/h7-18,33H,1-6H3. The number of nitrogens with one attached hydrogen (secondary N) is 1. The second-order valence-electron chi connectivity index (χ2n) is 10.9. The molecule has 0 amide bonds. The average Bonchev–Trinajstić information content (AvgIpc) is 3.15. The summed E-state index contributed by atoms with van der Waals surface area (Å²) in [6.07, 6.45) is 0. The number of H-pyrrole nitrogens is 1. The van der Waals surface area contributed by atoms with Gasteiger partial charge in [0.25, 0.3) is 0 Å². The molecule has 1 N–H and O–H groups in total. The first-order valence-corrected chi connectivity index (χ1v) is 12.0. The van der Waals surface area contributed by atoms with Gasteiger partial charge in [0.15, 0.2) is 0 Å². The molecular weight excluding hydrogens is 398 g/mol. The van der Waals surface area contributed by atoms with Gasteiger partial charge in [0.2, 0.25) is 0 Å². The van der Waals surface area contributed by atoms with Crippen molar-refractivity contribution in [1.82, 2.24) is 4.98 Å². The van der Waals surface area contributed by atoms with Gasteiger partial charge in [0.05, 0.1) is 0 Å². The Morgan fingerprint density at radius 1 is 0.515 bits per heavy atom. The molecule has 1 aliphatic rings. The van der Waals surface area contributed by atoms with Crippen LogP contribution in [0.4, 0.5) is 0 Å². The zero-order chi connectivity index (χ0) is 23.1. The van der Waals surface area contributed by atoms with Gasteiger partial charge in [0.1, 0.15) is 0 Å². The Kier molecular flexibility index (Phi) is 4.06. The Hall–Kier alpha value is -3.32. The quantitative estimate of drug-likeness (QED) is 0.275. The second-order valence-corrected chi connectivity index (χ2v) is 10.9. The lowest BCUT2D eigenvalue weighted by atomic mass is 9.59. The molecule has 4 aromatic carbocycles. The van der Waals surface area contributed by atoms with Gasteiger partial charge in [-0.1, -0.05) is 76.2 Å². The average molecular weight is 430 g/mol. The number of para-hydroxylation sites is 1. The molecule has 1 heteroatoms. The SMILES string of the molecule is Cc1ccccc1-c1cc2c(cc1C)C(C)(C)c1cc3c(cc1C2(C)C)[nH]c1ccccc13. The van der Waals surface area contributed by atoms with Crippen molar-refractivity contribution in [2.75, 3.05) is 0 Å². The summed E-state index contributed by atoms with van der Waals surface area (Å²) in [5, 5.41) is 2.63. The Balaban J connectivity index is 1.66. The molecule has 1 heterocycles. The summed E-state index contributed by atoms with van der Waals surface area (Å²) in [5.74, 6) is 0. The lowest BCUT2D eigenvalue weighted by Crippen LogP contribution is -2.36. The summed E-state index contributed by atoms with van der Waals surface area (Å²) >= 11 is 0. The van der Waals surface area contributed by atoms with E-state index < -0.39 is 0 Å². The van der Waals surface area contributed by atoms with Gasteiger partial charge in [-0.05, 0) is 82.6 Å². The number of fused-ring (bicyclic) bond motifs is 5. The van der Waals surface area contributed by atoms with Crippen molar-refractivity contribution in [2.45, 2.75) is 52.4 Å². The first-order chi connectivity index (χ1) is 15.7. The van der Waals surface area contributed by atoms with Gasteiger partial charge in [-0.2, -0.15) is 0 Å². The number of aryl methyl sites for hydroxylation is 2. The molecule has 1 aromatic heterocycles. The molecule has 33 heavy (non-hydrogen) atoms. The third kappa shape index (κ3) is 2.72. The van der Waals surface area contributed by atoms with Crippen LogP contribution in [0, 0.1) is 13.8 Å². The van der Waals surface area contributed by atoms with E-state index in [1.807, 2.05) is 0 Å². The molecule has 0 saturated carbocycles. The van der Waals surface area contributed by atoms with E-state index >= 15 is 0 Å². The van der Waals surface area contributed by atoms with Crippen molar-refractivity contribution in [3.63, 3.8) is 0 Å². The normalized spacial score (nSPS) is 16.1. The summed E-state index contributed by atoms with van der Waals surface area (Å²) in [5.41, 5.74) is 13.4. The van der Waals surface area contributed by atoms with E-state index in [9.17, 15) is 0 Å². The highest BCUT2D eigenvalue weighted by molar-refractivity contribution is 6.08. The number of aromatic nitrogens is 1. The number of rotatable bonds is 1. The van der Waals surface area contributed by atoms with Crippen molar-refractivity contribution >= 4 is 21.8 Å². The number of hydrogen-bond acceptors (Lipinski definition) is 0. The first-order valence-electron chi connectivity index (χ1n) is 12.0. The number of aromatic amines is 1. The maximum atomic E-state index is 3.67. The molecule has 0 fully saturated rings. The molecule has 0 radical (unpaired) electrons. The molecule has 0 bridgehead atoms. The highest BCUT2D eigenvalue weighted by Gasteiger charge is 2.42. The predicted molar refractivity (Wildman–Crippen MR) is 141 cm³/mol. The molecule has 164 valence electrons. The summed E-state index contributed by atoms with van der Waals surface area (Å²) in [6.45, 7) is 14.1. The largest absolute Gasteiger partial charge is 0.355 e. The van der Waals surface area contributed by atoms with E-state index in [0.29, 0.717) is 0 Å². The van der Waals surface area contributed by atoms with Crippen LogP contribution in [0.25, 0.3) is 32.9 Å². The minimum atomic E-state index is -0.0865. The molecule has 5 aromatic rings. The molecule has 0 spiro atoms. The summed E-state index contributed by atoms with van der Waals surface area (Å²) in [7, 11) is 0. The van der Waals surface area contributed by atoms with E-state index in [1.54, 1.807) is 0 Å². The Morgan fingerprint density at radius 3 is 1.88 bits per heavy atom. The van der Waals surface area contributed by atoms with Crippen molar-refractivity contribution in [1.29, 1.82) is 0 Å². The lowest BCUT2D eigenvalue weighted by Gasteiger charge is -2.44. The van der Waals surface area contributed by atoms with Crippen LogP contribution in [0.3, 0.4) is 0 Å². The molecule has 1 aliphatic carbocycles. The molecule has 0 unspecified atom stereocenters. The monoisotopic (exact) mass is 429 g/mol. The Morgan fingerprint density at radius 2 is 1.12 bits per heavy atom. The van der Waals surface area contributed by atoms with Gasteiger partial charge in [-0.15, -0.1) is 0 Å². The second kappa shape index (κ2) is 6.60. The highest BCUT2D eigenvalue weighted by Crippen LogP contribution is 2.52. The van der Waals surface area contributed by atoms with Crippen molar-refractivity contribution < 1.29 is 0 Å². The van der Waals surface area contributed by atoms with Gasteiger partial charge >= 0.3 is 0 Å². The van der Waals surface area contributed by atoms with Crippen LogP contribution < -0.4 is 0 Å². The van der Waals surface area contributed by atoms with Crippen molar-refractivity contribution in [3.8, 4) is 11.1 Å². The molecule has 6 rings (SSSR count). The van der Waals surface area contributed by atoms with Gasteiger partial charge in [-0.25, -0.2) is 0 Å². The predicted octanol–water partition coefficient (Wildman–Crippen LogP) is 8.57. The first kappa shape index (κ1) is 20.3. The fourth-order valence-corrected chi connectivity index (χ4v) is 6.13. The van der Waals surface area contributed by atoms with E-state index in [0.717, 1.165) is 0 Å². The fourth-order valence-electron chi connectivity index (χ4n) is 6.13. The van der Waals surface area contributed by atoms with Crippen LogP contribution in [0.2, 0.25) is 0 Å². The van der Waals surface area contributed by atoms with E-state index in [4.69, 9.17) is 0 Å². The molecule has 0 saturated heterocycles. The number of benzene rings is 4. The van der Waals surface area contributed by atoms with E-state index in [2.05, 4.69) is 119 Å². The van der Waals surface area contributed by atoms with E-state index in [-0.39, 0.29) is 10.8 Å². The minimum absolute atomic E-state index is 0.0677. The lowest BCUT2D eigenvalue weighted by molar-refractivity contribution is 0.521. The van der Waals surface area contributed by atoms with Crippen LogP contribution in [0.5, 0.6) is 0 Å². The van der Waals surface area contributed by atoms with Gasteiger partial charge < -0.3 is 4.98 Å². The maximum Gasteiger partial charge on any atom is 0.0468 e. The topological polar surface area (TPSA) is 15.8 Å². The van der Waals surface area contributed by atoms with E-state index in [1.165, 1.54) is 66.3 Å². The zero-order valence-electron chi connectivity index (χ0n) is 20.4.